The monoisotopic (exact) mass is 2180 g/mol. The van der Waals surface area contributed by atoms with Crippen LogP contribution in [0, 0.1) is 36.4 Å². The predicted molar refractivity (Wildman–Crippen MR) is 555 cm³/mol. The molecule has 18 aromatic rings. The van der Waals surface area contributed by atoms with Gasteiger partial charge < -0.3 is 14.4 Å². The maximum atomic E-state index is 14.9. The van der Waals surface area contributed by atoms with Gasteiger partial charge in [0.05, 0.1) is 0 Å². The topological polar surface area (TPSA) is 49.3 Å². The van der Waals surface area contributed by atoms with Gasteiger partial charge in [-0.1, -0.05) is 270 Å². The Bertz CT molecular complexity index is 5930. The number of nitrogens with zero attached hydrogens (tertiary/aromatic N) is 4. The van der Waals surface area contributed by atoms with Crippen LogP contribution < -0.4 is 41.6 Å². The summed E-state index contributed by atoms with van der Waals surface area (Å²) in [5.41, 5.74) is 22.0. The first-order valence-corrected chi connectivity index (χ1v) is 50.0. The minimum atomic E-state index is -3.06. The minimum Gasteiger partial charge on any atom is -0.334 e. The van der Waals surface area contributed by atoms with Crippen molar-refractivity contribution in [2.75, 3.05) is 9.80 Å². The molecule has 2 aromatic heterocycles. The first-order chi connectivity index (χ1) is 62.7. The Morgan fingerprint density at radius 2 is 0.545 bits per heavy atom. The van der Waals surface area contributed by atoms with Gasteiger partial charge in [0.2, 0.25) is 0 Å². The Hall–Kier alpha value is -11.9. The van der Waals surface area contributed by atoms with Crippen LogP contribution in [0.25, 0.3) is 67.2 Å². The van der Waals surface area contributed by atoms with Gasteiger partial charge in [0.1, 0.15) is 0 Å². The fourth-order valence-electron chi connectivity index (χ4n) is 15.6. The van der Waals surface area contributed by atoms with Crippen LogP contribution in [0.3, 0.4) is 0 Å². The molecular weight excluding hydrogens is 2070 g/mol. The number of aromatic nitrogens is 2. The number of benzene rings is 16. The van der Waals surface area contributed by atoms with Crippen molar-refractivity contribution in [2.24, 2.45) is 0 Å². The van der Waals surface area contributed by atoms with Crippen LogP contribution in [0.2, 0.25) is 0 Å². The maximum absolute atomic E-state index is 14.9. The largest absolute Gasteiger partial charge is 3.00 e. The quantitative estimate of drug-likeness (QED) is 0.0487. The number of rotatable bonds is 18. The zero-order chi connectivity index (χ0) is 90.9. The molecule has 0 fully saturated rings. The molecule has 5 nitrogen and oxygen atoms in total. The molecule has 10 heteroatoms. The van der Waals surface area contributed by atoms with Crippen LogP contribution in [0.5, 0.6) is 0 Å². The van der Waals surface area contributed by atoms with E-state index in [1.54, 1.807) is 0 Å². The summed E-state index contributed by atoms with van der Waals surface area (Å²) in [7, 11) is -3.06. The van der Waals surface area contributed by atoms with Crippen molar-refractivity contribution in [1.82, 2.24) is 9.97 Å². The zero-order valence-corrected chi connectivity index (χ0v) is 84.5. The summed E-state index contributed by atoms with van der Waals surface area (Å²) in [6, 6.07) is 169. The Morgan fingerprint density at radius 1 is 0.265 bits per heavy atom. The van der Waals surface area contributed by atoms with Gasteiger partial charge in [-0.2, -0.15) is 72.3 Å². The molecule has 18 rings (SSSR count). The van der Waals surface area contributed by atoms with E-state index in [0.29, 0.717) is 0 Å². The van der Waals surface area contributed by atoms with E-state index in [4.69, 9.17) is 9.97 Å². The van der Waals surface area contributed by atoms with Crippen LogP contribution >= 0.6 is 12.7 Å². The van der Waals surface area contributed by atoms with Gasteiger partial charge in [-0.05, 0) is 81.3 Å². The molecule has 660 valence electrons. The summed E-state index contributed by atoms with van der Waals surface area (Å²) < 4.78 is 14.9. The summed E-state index contributed by atoms with van der Waals surface area (Å²) in [4.78, 5) is 14.5. The first-order valence-electron chi connectivity index (χ1n) is 44.3. The van der Waals surface area contributed by atoms with E-state index >= 15 is 0 Å². The van der Waals surface area contributed by atoms with Crippen molar-refractivity contribution >= 4 is 93.7 Å². The van der Waals surface area contributed by atoms with Crippen molar-refractivity contribution in [2.45, 2.75) is 105 Å². The Balaban J connectivity index is 0.000000160. The van der Waals surface area contributed by atoms with Crippen molar-refractivity contribution in [3.05, 3.63) is 496 Å². The van der Waals surface area contributed by atoms with Gasteiger partial charge in [0.15, 0.2) is 7.14 Å². The van der Waals surface area contributed by atoms with E-state index in [-0.39, 0.29) is 66.4 Å². The molecule has 132 heavy (non-hydrogen) atoms. The van der Waals surface area contributed by atoms with E-state index in [2.05, 4.69) is 454 Å². The van der Waals surface area contributed by atoms with Gasteiger partial charge in [0.25, 0.3) is 0 Å². The van der Waals surface area contributed by atoms with Gasteiger partial charge in [-0.3, -0.25) is 4.98 Å². The van der Waals surface area contributed by atoms with E-state index in [1.807, 2.05) is 128 Å². The Morgan fingerprint density at radius 3 is 0.864 bits per heavy atom. The normalized spacial score (nSPS) is 11.4. The minimum absolute atomic E-state index is 0. The first kappa shape index (κ1) is 97.6. The van der Waals surface area contributed by atoms with Gasteiger partial charge in [0, 0.05) is 50.6 Å². The summed E-state index contributed by atoms with van der Waals surface area (Å²) in [5, 5.41) is 6.41. The second kappa shape index (κ2) is 44.1. The molecule has 16 aromatic carbocycles. The number of para-hydroxylation sites is 4. The van der Waals surface area contributed by atoms with Crippen LogP contribution in [-0.4, -0.2) is 25.1 Å². The fraction of sp³-hybridized carbons (Fsp3) is 0.131. The third-order valence-electron chi connectivity index (χ3n) is 23.1. The number of anilines is 6. The fourth-order valence-corrected chi connectivity index (χ4v) is 23.2. The van der Waals surface area contributed by atoms with E-state index in [9.17, 15) is 4.57 Å². The van der Waals surface area contributed by atoms with Crippen LogP contribution in [0.1, 0.15) is 105 Å². The van der Waals surface area contributed by atoms with Gasteiger partial charge in [-0.15, -0.1) is 47.5 Å². The molecule has 0 N–H and O–H groups in total. The average molecular weight is 2180 g/mol. The summed E-state index contributed by atoms with van der Waals surface area (Å²) >= 11 is 3.68. The molecule has 0 aliphatic carbocycles. The Labute approximate surface area is 822 Å². The number of hydrogen-bond donors (Lipinski definition) is 0. The number of pyridine rings is 2. The second-order valence-electron chi connectivity index (χ2n) is 36.4. The summed E-state index contributed by atoms with van der Waals surface area (Å²) in [6.45, 7) is 26.6. The molecule has 0 bridgehead atoms. The number of hydrogen-bond acceptors (Lipinski definition) is 5. The van der Waals surface area contributed by atoms with E-state index in [0.717, 1.165) is 117 Å². The predicted octanol–water partition coefficient (Wildman–Crippen LogP) is 29.5. The van der Waals surface area contributed by atoms with Crippen molar-refractivity contribution in [3.8, 4) is 67.2 Å². The summed E-state index contributed by atoms with van der Waals surface area (Å²) in [5.74, 6) is 0. The molecule has 0 spiro atoms. The SMILES string of the molecule is CC(C)(C)c1c[c-]c(-c2[c-]c(-c3ccc(C(C)(C)C)cn3)cc(-c3ccc(P(=O)(c4ccccc4)c4ccccc4)cc3)c2)cc1.CC(C)(C)c1c[c-]c(-c2cc(-c3ccc(P(=[Se])(c4ccccc4)c4ccccc4)cc3)cc(-c3[c-]cc(C(C)(C)C)cc3)n2)cc1.[Au+3].[Au+3].[c-]1ccc(N(c2ccccc2)c2ccccc2)cc1.[c-]1ccc(N(c2ccccc2)c2ccccc2)cc1. The van der Waals surface area contributed by atoms with Crippen LogP contribution in [0.15, 0.2) is 437 Å². The van der Waals surface area contributed by atoms with Gasteiger partial charge in [-0.25, -0.2) is 5.56 Å². The van der Waals surface area contributed by atoms with Crippen molar-refractivity contribution < 1.29 is 49.3 Å². The van der Waals surface area contributed by atoms with Crippen LogP contribution in [0.4, 0.5) is 34.1 Å². The second-order valence-corrected chi connectivity index (χ2v) is 45.4. The third-order valence-corrected chi connectivity index (χ3v) is 33.2. The van der Waals surface area contributed by atoms with Gasteiger partial charge >= 0.3 is 277 Å². The molecule has 0 atom stereocenters. The molecule has 0 aliphatic heterocycles. The molecule has 2 heterocycles. The summed E-state index contributed by atoms with van der Waals surface area (Å²) in [6.07, 6.45) is 1.97. The van der Waals surface area contributed by atoms with Crippen LogP contribution in [-0.2, 0) is 71.0 Å². The molecule has 0 aliphatic rings. The molecule has 0 unspecified atom stereocenters. The maximum Gasteiger partial charge on any atom is 3.00 e. The zero-order valence-electron chi connectivity index (χ0n) is 76.7. The molecular formula is C122H108Au2N4OP2Se. The standard InChI is InChI=1S/C43H40NOP.C43H40NPSe.2C18H14N.2Au/c1-42(2,3)36-21-17-31(18-22-36)33-27-34(29-35(28-33)41-26-23-37(30-44-41)43(4,5)6)32-19-24-40(25-20-32)46(45,38-13-9-7-10-14-38)39-15-11-8-12-16-39;1-42(2,3)35-23-17-32(18-24-35)40-29-34(30-41(44-40)33-19-25-36(26-20-33)43(4,5)6)31-21-27-39(28-22-31)45(46,37-13-9-7-10-14-37)38-15-11-8-12-16-38;2*1-4-10-16(11-5-1)19(17-12-6-2-7-13-17)18-14-8-3-9-15-18;;/h7-17,19-27,29-30H,1-6H3;7-17,19,21-30H,1-6H3;2*1-2,4-15H;;/q2*-2;2*-1;2*+3. The third kappa shape index (κ3) is 23.9. The molecule has 0 saturated heterocycles. The molecule has 0 saturated carbocycles. The van der Waals surface area contributed by atoms with E-state index < -0.39 is 12.7 Å². The molecule has 0 radical (unpaired) electrons. The average Bonchev–Trinajstić information content (AvgIpc) is 0.765. The van der Waals surface area contributed by atoms with E-state index in [1.165, 1.54) is 38.2 Å². The smallest absolute Gasteiger partial charge is 0.334 e. The Kier molecular flexibility index (Phi) is 32.6. The van der Waals surface area contributed by atoms with Crippen molar-refractivity contribution in [1.29, 1.82) is 0 Å². The molecule has 0 amide bonds. The van der Waals surface area contributed by atoms with Crippen molar-refractivity contribution in [3.63, 3.8) is 0 Å².